The predicted molar refractivity (Wildman–Crippen MR) is 90.4 cm³/mol. The maximum absolute atomic E-state index is 12.4. The van der Waals surface area contributed by atoms with Gasteiger partial charge in [0.1, 0.15) is 0 Å². The second kappa shape index (κ2) is 6.22. The minimum absolute atomic E-state index is 0.0829. The average Bonchev–Trinajstić information content (AvgIpc) is 2.92. The Kier molecular flexibility index (Phi) is 4.12. The van der Waals surface area contributed by atoms with Gasteiger partial charge in [-0.3, -0.25) is 4.79 Å². The molecule has 0 aliphatic carbocycles. The molecular weight excluding hydrogens is 312 g/mol. The normalized spacial score (nSPS) is 10.7. The third kappa shape index (κ3) is 3.40. The Balaban J connectivity index is 1.84. The molecule has 0 spiro atoms. The van der Waals surface area contributed by atoms with E-state index in [1.54, 1.807) is 24.3 Å². The summed E-state index contributed by atoms with van der Waals surface area (Å²) in [6.45, 7) is 2.00. The number of nitrogens with two attached hydrogens (primary N) is 1. The van der Waals surface area contributed by atoms with Crippen molar-refractivity contribution in [1.82, 2.24) is 14.8 Å². The summed E-state index contributed by atoms with van der Waals surface area (Å²) in [7, 11) is 0. The molecule has 0 aliphatic heterocycles. The van der Waals surface area contributed by atoms with Crippen molar-refractivity contribution >= 4 is 23.5 Å². The smallest absolute Gasteiger partial charge is 0.254 e. The summed E-state index contributed by atoms with van der Waals surface area (Å²) < 4.78 is 1.14. The van der Waals surface area contributed by atoms with Gasteiger partial charge in [0.25, 0.3) is 5.91 Å². The van der Waals surface area contributed by atoms with Crippen LogP contribution in [0.4, 0.5) is 5.95 Å². The highest BCUT2D eigenvalue weighted by molar-refractivity contribution is 6.30. The van der Waals surface area contributed by atoms with Gasteiger partial charge in [-0.25, -0.2) is 0 Å². The molecule has 0 fully saturated rings. The second-order valence-corrected chi connectivity index (χ2v) is 5.70. The number of nitrogen functional groups attached to an aromatic ring is 1. The van der Waals surface area contributed by atoms with Crippen LogP contribution in [0.15, 0.2) is 48.5 Å². The number of carbonyl (C=O) groups excluding carboxylic acids is 1. The molecule has 0 amide bonds. The summed E-state index contributed by atoms with van der Waals surface area (Å²) in [4.78, 5) is 16.5. The fourth-order valence-electron chi connectivity index (χ4n) is 2.18. The number of nitrogens with zero attached hydrogens (tertiary/aromatic N) is 3. The highest BCUT2D eigenvalue weighted by Gasteiger charge is 2.15. The monoisotopic (exact) mass is 326 g/mol. The minimum Gasteiger partial charge on any atom is -0.368 e. The number of carbonyl (C=O) groups is 1. The summed E-state index contributed by atoms with van der Waals surface area (Å²) in [6, 6.07) is 14.8. The summed E-state index contributed by atoms with van der Waals surface area (Å²) in [5, 5.41) is 4.86. The van der Waals surface area contributed by atoms with E-state index in [0.717, 1.165) is 21.4 Å². The van der Waals surface area contributed by atoms with Crippen molar-refractivity contribution in [3.05, 3.63) is 64.7 Å². The number of halogens is 1. The first kappa shape index (κ1) is 15.2. The van der Waals surface area contributed by atoms with E-state index in [9.17, 15) is 4.79 Å². The number of anilines is 1. The first-order valence-corrected chi connectivity index (χ1v) is 7.48. The molecule has 0 bridgehead atoms. The molecule has 0 saturated carbocycles. The zero-order valence-electron chi connectivity index (χ0n) is 12.5. The number of aromatic nitrogens is 3. The van der Waals surface area contributed by atoms with Crippen LogP contribution in [0.5, 0.6) is 0 Å². The molecule has 2 N–H and O–H groups in total. The molecule has 3 rings (SSSR count). The summed E-state index contributed by atoms with van der Waals surface area (Å²) in [5.74, 6) is 0.280. The molecule has 0 saturated heterocycles. The lowest BCUT2D eigenvalue weighted by Gasteiger charge is -2.02. The van der Waals surface area contributed by atoms with Crippen LogP contribution < -0.4 is 5.73 Å². The maximum Gasteiger partial charge on any atom is 0.254 e. The zero-order valence-corrected chi connectivity index (χ0v) is 13.3. The molecular formula is C17H15ClN4O. The molecule has 1 heterocycles. The van der Waals surface area contributed by atoms with Crippen molar-refractivity contribution in [3.63, 3.8) is 0 Å². The molecule has 23 heavy (non-hydrogen) atoms. The van der Waals surface area contributed by atoms with Gasteiger partial charge < -0.3 is 5.73 Å². The molecule has 5 nitrogen and oxygen atoms in total. The van der Waals surface area contributed by atoms with Crippen molar-refractivity contribution in [2.75, 3.05) is 5.73 Å². The van der Waals surface area contributed by atoms with Crippen molar-refractivity contribution in [1.29, 1.82) is 0 Å². The fourth-order valence-corrected chi connectivity index (χ4v) is 2.31. The third-order valence-corrected chi connectivity index (χ3v) is 3.70. The molecule has 0 atom stereocenters. The predicted octanol–water partition coefficient (Wildman–Crippen LogP) is 3.37. The maximum atomic E-state index is 12.4. The SMILES string of the molecule is Cc1ccc(-c2nc(N)n(C(=O)Cc3ccc(Cl)cc3)n2)cc1. The van der Waals surface area contributed by atoms with E-state index in [2.05, 4.69) is 10.1 Å². The summed E-state index contributed by atoms with van der Waals surface area (Å²) in [6.07, 6.45) is 0.179. The number of hydrogen-bond acceptors (Lipinski definition) is 4. The van der Waals surface area contributed by atoms with E-state index < -0.39 is 0 Å². The van der Waals surface area contributed by atoms with E-state index >= 15 is 0 Å². The van der Waals surface area contributed by atoms with Crippen LogP contribution in [0.1, 0.15) is 15.9 Å². The summed E-state index contributed by atoms with van der Waals surface area (Å²) >= 11 is 5.84. The first-order valence-electron chi connectivity index (χ1n) is 7.10. The van der Waals surface area contributed by atoms with Gasteiger partial charge in [-0.2, -0.15) is 9.67 Å². The van der Waals surface area contributed by atoms with Crippen molar-refractivity contribution in [2.24, 2.45) is 0 Å². The van der Waals surface area contributed by atoms with Gasteiger partial charge in [0, 0.05) is 10.6 Å². The van der Waals surface area contributed by atoms with Gasteiger partial charge in [-0.15, -0.1) is 5.10 Å². The van der Waals surface area contributed by atoms with Crippen LogP contribution in [0, 0.1) is 6.92 Å². The minimum atomic E-state index is -0.240. The lowest BCUT2D eigenvalue weighted by atomic mass is 10.1. The van der Waals surface area contributed by atoms with Crippen LogP contribution in [0.2, 0.25) is 5.02 Å². The zero-order chi connectivity index (χ0) is 16.4. The standard InChI is InChI=1S/C17H15ClN4O/c1-11-2-6-13(7-3-11)16-20-17(19)22(21-16)15(23)10-12-4-8-14(18)9-5-12/h2-9H,10H2,1H3,(H2,19,20,21). The Labute approximate surface area is 138 Å². The molecule has 0 unspecified atom stereocenters. The van der Waals surface area contributed by atoms with E-state index in [1.807, 2.05) is 31.2 Å². The Morgan fingerprint density at radius 3 is 2.43 bits per heavy atom. The Bertz CT molecular complexity index is 838. The number of hydrogen-bond donors (Lipinski definition) is 1. The molecule has 0 radical (unpaired) electrons. The van der Waals surface area contributed by atoms with Crippen molar-refractivity contribution < 1.29 is 4.79 Å². The van der Waals surface area contributed by atoms with Crippen LogP contribution in [-0.4, -0.2) is 20.7 Å². The molecule has 1 aromatic heterocycles. The molecule has 0 aliphatic rings. The Hall–Kier alpha value is -2.66. The van der Waals surface area contributed by atoms with Gasteiger partial charge in [-0.1, -0.05) is 53.6 Å². The summed E-state index contributed by atoms with van der Waals surface area (Å²) in [5.41, 5.74) is 8.63. The van der Waals surface area contributed by atoms with Gasteiger partial charge in [0.15, 0.2) is 5.82 Å². The first-order chi connectivity index (χ1) is 11.0. The van der Waals surface area contributed by atoms with E-state index in [0.29, 0.717) is 10.8 Å². The highest BCUT2D eigenvalue weighted by Crippen LogP contribution is 2.18. The molecule has 2 aromatic carbocycles. The number of aryl methyl sites for hydroxylation is 1. The topological polar surface area (TPSA) is 73.8 Å². The second-order valence-electron chi connectivity index (χ2n) is 5.27. The molecule has 116 valence electrons. The van der Waals surface area contributed by atoms with Gasteiger partial charge in [0.05, 0.1) is 6.42 Å². The van der Waals surface area contributed by atoms with Crippen LogP contribution >= 0.6 is 11.6 Å². The lowest BCUT2D eigenvalue weighted by Crippen LogP contribution is -2.17. The third-order valence-electron chi connectivity index (χ3n) is 3.45. The lowest BCUT2D eigenvalue weighted by molar-refractivity contribution is 0.0901. The van der Waals surface area contributed by atoms with E-state index in [4.69, 9.17) is 17.3 Å². The van der Waals surface area contributed by atoms with E-state index in [1.165, 1.54) is 0 Å². The quantitative estimate of drug-likeness (QED) is 0.800. The molecule has 6 heteroatoms. The van der Waals surface area contributed by atoms with Gasteiger partial charge in [0.2, 0.25) is 5.95 Å². The van der Waals surface area contributed by atoms with Crippen LogP contribution in [0.25, 0.3) is 11.4 Å². The molecule has 3 aromatic rings. The largest absolute Gasteiger partial charge is 0.368 e. The van der Waals surface area contributed by atoms with Crippen molar-refractivity contribution in [3.8, 4) is 11.4 Å². The Morgan fingerprint density at radius 1 is 1.13 bits per heavy atom. The Morgan fingerprint density at radius 2 is 1.78 bits per heavy atom. The van der Waals surface area contributed by atoms with Gasteiger partial charge in [-0.05, 0) is 24.6 Å². The van der Waals surface area contributed by atoms with Crippen LogP contribution in [0.3, 0.4) is 0 Å². The number of rotatable bonds is 3. The van der Waals surface area contributed by atoms with E-state index in [-0.39, 0.29) is 18.3 Å². The van der Waals surface area contributed by atoms with Gasteiger partial charge >= 0.3 is 0 Å². The van der Waals surface area contributed by atoms with Crippen molar-refractivity contribution in [2.45, 2.75) is 13.3 Å². The fraction of sp³-hybridized carbons (Fsp3) is 0.118. The average molecular weight is 327 g/mol. The number of benzene rings is 2. The van der Waals surface area contributed by atoms with Crippen LogP contribution in [-0.2, 0) is 6.42 Å². The highest BCUT2D eigenvalue weighted by atomic mass is 35.5.